The number of methoxy groups -OCH3 is 2. The molecule has 0 radical (unpaired) electrons. The number of amides is 3. The lowest BCUT2D eigenvalue weighted by atomic mass is 9.96. The third-order valence-electron chi connectivity index (χ3n) is 6.58. The van der Waals surface area contributed by atoms with Crippen LogP contribution in [0.25, 0.3) is 0 Å². The van der Waals surface area contributed by atoms with Gasteiger partial charge in [-0.15, -0.1) is 0 Å². The van der Waals surface area contributed by atoms with Gasteiger partial charge >= 0.3 is 0 Å². The highest BCUT2D eigenvalue weighted by Crippen LogP contribution is 2.38. The first-order valence-corrected chi connectivity index (χ1v) is 11.7. The summed E-state index contributed by atoms with van der Waals surface area (Å²) in [6, 6.07) is 15.1. The van der Waals surface area contributed by atoms with Gasteiger partial charge in [0.25, 0.3) is 11.8 Å². The Kier molecular flexibility index (Phi) is 7.67. The molecule has 2 aromatic rings. The van der Waals surface area contributed by atoms with Crippen molar-refractivity contribution in [3.8, 4) is 5.75 Å². The number of hydrogen-bond donors (Lipinski definition) is 1. The van der Waals surface area contributed by atoms with Crippen LogP contribution in [0.4, 0.5) is 0 Å². The summed E-state index contributed by atoms with van der Waals surface area (Å²) in [5.41, 5.74) is 0.109. The summed E-state index contributed by atoms with van der Waals surface area (Å²) in [6.07, 6.45) is 0.824. The lowest BCUT2D eigenvalue weighted by Crippen LogP contribution is -2.60. The number of nitrogens with zero attached hydrogens (tertiary/aromatic N) is 2. The van der Waals surface area contributed by atoms with Gasteiger partial charge in [0, 0.05) is 50.7 Å². The minimum atomic E-state index is -0.952. The van der Waals surface area contributed by atoms with E-state index >= 15 is 0 Å². The molecule has 2 saturated heterocycles. The minimum Gasteiger partial charge on any atom is -0.497 e. The van der Waals surface area contributed by atoms with E-state index in [1.54, 1.807) is 72.6 Å². The number of likely N-dealkylation sites (tertiary alicyclic amines) is 1. The van der Waals surface area contributed by atoms with Gasteiger partial charge in [0.1, 0.15) is 17.5 Å². The van der Waals surface area contributed by atoms with Crippen molar-refractivity contribution in [1.29, 1.82) is 0 Å². The zero-order valence-corrected chi connectivity index (χ0v) is 20.1. The largest absolute Gasteiger partial charge is 0.497 e. The van der Waals surface area contributed by atoms with Gasteiger partial charge in [0.15, 0.2) is 0 Å². The van der Waals surface area contributed by atoms with Crippen LogP contribution in [0.15, 0.2) is 54.6 Å². The van der Waals surface area contributed by atoms with E-state index in [1.807, 2.05) is 6.07 Å². The van der Waals surface area contributed by atoms with Gasteiger partial charge in [-0.2, -0.15) is 0 Å². The van der Waals surface area contributed by atoms with Gasteiger partial charge in [-0.3, -0.25) is 19.3 Å². The van der Waals surface area contributed by atoms with Crippen molar-refractivity contribution >= 4 is 17.7 Å². The van der Waals surface area contributed by atoms with Crippen LogP contribution >= 0.6 is 0 Å². The molecule has 0 unspecified atom stereocenters. The van der Waals surface area contributed by atoms with Crippen LogP contribution in [0, 0.1) is 0 Å². The van der Waals surface area contributed by atoms with E-state index in [1.165, 1.54) is 0 Å². The van der Waals surface area contributed by atoms with E-state index in [2.05, 4.69) is 5.32 Å². The summed E-state index contributed by atoms with van der Waals surface area (Å²) in [7, 11) is 3.14. The zero-order valence-electron chi connectivity index (χ0n) is 20.1. The fourth-order valence-electron chi connectivity index (χ4n) is 4.66. The monoisotopic (exact) mass is 481 g/mol. The SMILES string of the molecule is COCCNC(=O)[C@H]1COC2(CCN(C(=O)c3ccc(OC)cc3)CC2)N1C(=O)c1ccccc1. The lowest BCUT2D eigenvalue weighted by molar-refractivity contribution is -0.128. The van der Waals surface area contributed by atoms with E-state index in [0.717, 1.165) is 0 Å². The molecule has 1 N–H and O–H groups in total. The topological polar surface area (TPSA) is 97.4 Å². The maximum atomic E-state index is 13.6. The van der Waals surface area contributed by atoms with Crippen LogP contribution in [0.5, 0.6) is 5.75 Å². The number of carbonyl (C=O) groups is 3. The second-order valence-electron chi connectivity index (χ2n) is 8.62. The molecule has 1 atom stereocenters. The Morgan fingerprint density at radius 3 is 2.26 bits per heavy atom. The fraction of sp³-hybridized carbons (Fsp3) is 0.423. The number of piperidine rings is 1. The zero-order chi connectivity index (χ0) is 24.8. The van der Waals surface area contributed by atoms with E-state index in [9.17, 15) is 14.4 Å². The minimum absolute atomic E-state index is 0.0877. The van der Waals surface area contributed by atoms with Gasteiger partial charge in [-0.1, -0.05) is 18.2 Å². The standard InChI is InChI=1S/C26H31N3O6/c1-33-17-14-27-23(30)22-18-35-26(29(22)25(32)19-6-4-3-5-7-19)12-15-28(16-13-26)24(31)20-8-10-21(34-2)11-9-20/h3-11,22H,12-18H2,1-2H3,(H,27,30)/t22-/m1/s1. The first-order valence-electron chi connectivity index (χ1n) is 11.7. The molecule has 0 aromatic heterocycles. The van der Waals surface area contributed by atoms with E-state index < -0.39 is 11.8 Å². The highest BCUT2D eigenvalue weighted by molar-refractivity contribution is 5.98. The molecule has 9 nitrogen and oxygen atoms in total. The molecule has 4 rings (SSSR count). The molecule has 0 aliphatic carbocycles. The average Bonchev–Trinajstić information content (AvgIpc) is 3.27. The average molecular weight is 482 g/mol. The fourth-order valence-corrected chi connectivity index (χ4v) is 4.66. The molecular weight excluding hydrogens is 450 g/mol. The number of carbonyl (C=O) groups excluding carboxylic acids is 3. The lowest BCUT2D eigenvalue weighted by Gasteiger charge is -2.44. The molecule has 1 spiro atoms. The number of benzene rings is 2. The van der Waals surface area contributed by atoms with Crippen molar-refractivity contribution in [2.24, 2.45) is 0 Å². The second kappa shape index (κ2) is 10.9. The van der Waals surface area contributed by atoms with Crippen molar-refractivity contribution in [2.75, 3.05) is 47.1 Å². The normalized spacial score (nSPS) is 19.0. The van der Waals surface area contributed by atoms with Crippen molar-refractivity contribution in [3.63, 3.8) is 0 Å². The van der Waals surface area contributed by atoms with Crippen LogP contribution in [0.3, 0.4) is 0 Å². The molecule has 9 heteroatoms. The summed E-state index contributed by atoms with van der Waals surface area (Å²) in [5, 5.41) is 2.83. The van der Waals surface area contributed by atoms with Crippen molar-refractivity contribution in [3.05, 3.63) is 65.7 Å². The van der Waals surface area contributed by atoms with E-state index in [-0.39, 0.29) is 24.3 Å². The highest BCUT2D eigenvalue weighted by atomic mass is 16.5. The van der Waals surface area contributed by atoms with E-state index in [0.29, 0.717) is 56.0 Å². The quantitative estimate of drug-likeness (QED) is 0.607. The summed E-state index contributed by atoms with van der Waals surface area (Å²) in [5.74, 6) is 0.0588. The van der Waals surface area contributed by atoms with Crippen LogP contribution in [0.1, 0.15) is 33.6 Å². The molecule has 0 saturated carbocycles. The van der Waals surface area contributed by atoms with Gasteiger partial charge in [0.05, 0.1) is 20.3 Å². The van der Waals surface area contributed by atoms with Gasteiger partial charge in [-0.05, 0) is 36.4 Å². The maximum absolute atomic E-state index is 13.6. The van der Waals surface area contributed by atoms with Crippen LogP contribution < -0.4 is 10.1 Å². The van der Waals surface area contributed by atoms with Gasteiger partial charge < -0.3 is 24.4 Å². The van der Waals surface area contributed by atoms with Crippen molar-refractivity contribution < 1.29 is 28.6 Å². The highest BCUT2D eigenvalue weighted by Gasteiger charge is 2.54. The summed E-state index contributed by atoms with van der Waals surface area (Å²) in [6.45, 7) is 1.63. The number of hydrogen-bond acceptors (Lipinski definition) is 6. The Bertz CT molecular complexity index is 1030. The second-order valence-corrected chi connectivity index (χ2v) is 8.62. The Morgan fingerprint density at radius 1 is 0.971 bits per heavy atom. The molecule has 2 aromatic carbocycles. The third kappa shape index (κ3) is 5.16. The molecule has 35 heavy (non-hydrogen) atoms. The van der Waals surface area contributed by atoms with Gasteiger partial charge in [0.2, 0.25) is 5.91 Å². The van der Waals surface area contributed by atoms with Crippen LogP contribution in [-0.4, -0.2) is 86.4 Å². The maximum Gasteiger partial charge on any atom is 0.256 e. The molecule has 2 fully saturated rings. The first-order chi connectivity index (χ1) is 17.0. The Hall–Kier alpha value is -3.43. The van der Waals surface area contributed by atoms with Crippen molar-refractivity contribution in [2.45, 2.75) is 24.6 Å². The number of nitrogens with one attached hydrogen (secondary N) is 1. The molecule has 3 amide bonds. The van der Waals surface area contributed by atoms with Crippen molar-refractivity contribution in [1.82, 2.24) is 15.1 Å². The summed E-state index contributed by atoms with van der Waals surface area (Å²) >= 11 is 0. The molecule has 2 aliphatic heterocycles. The molecule has 2 aliphatic rings. The predicted molar refractivity (Wildman–Crippen MR) is 128 cm³/mol. The van der Waals surface area contributed by atoms with Crippen LogP contribution in [-0.2, 0) is 14.3 Å². The first kappa shape index (κ1) is 24.7. The molecule has 2 heterocycles. The Morgan fingerprint density at radius 2 is 1.63 bits per heavy atom. The molecular formula is C26H31N3O6. The predicted octanol–water partition coefficient (Wildman–Crippen LogP) is 1.93. The smallest absolute Gasteiger partial charge is 0.256 e. The number of ether oxygens (including phenoxy) is 3. The molecule has 186 valence electrons. The molecule has 0 bridgehead atoms. The van der Waals surface area contributed by atoms with E-state index in [4.69, 9.17) is 14.2 Å². The van der Waals surface area contributed by atoms with Crippen LogP contribution in [0.2, 0.25) is 0 Å². The number of rotatable bonds is 7. The Balaban J connectivity index is 1.52. The Labute approximate surface area is 204 Å². The summed E-state index contributed by atoms with van der Waals surface area (Å²) < 4.78 is 16.4. The third-order valence-corrected chi connectivity index (χ3v) is 6.58. The van der Waals surface area contributed by atoms with Gasteiger partial charge in [-0.25, -0.2) is 0 Å². The summed E-state index contributed by atoms with van der Waals surface area (Å²) in [4.78, 5) is 43.0.